The minimum Gasteiger partial charge on any atom is -0.389 e. The fourth-order valence-corrected chi connectivity index (χ4v) is 5.83. The molecule has 0 radical (unpaired) electrons. The van der Waals surface area contributed by atoms with Gasteiger partial charge in [-0.15, -0.1) is 0 Å². The summed E-state index contributed by atoms with van der Waals surface area (Å²) in [4.78, 5) is 6.90. The molecule has 3 aliphatic rings. The second kappa shape index (κ2) is 6.32. The predicted octanol–water partition coefficient (Wildman–Crippen LogP) is 4.21. The van der Waals surface area contributed by atoms with E-state index in [2.05, 4.69) is 59.2 Å². The topological polar surface area (TPSA) is 78.0 Å². The fraction of sp³-hybridized carbons (Fsp3) is 0.500. The van der Waals surface area contributed by atoms with Gasteiger partial charge in [0.25, 0.3) is 0 Å². The van der Waals surface area contributed by atoms with Crippen LogP contribution >= 0.6 is 0 Å². The van der Waals surface area contributed by atoms with Crippen LogP contribution < -0.4 is 4.90 Å². The number of hydrogen-bond acceptors (Lipinski definition) is 5. The summed E-state index contributed by atoms with van der Waals surface area (Å²) in [5.41, 5.74) is 2.38. The van der Waals surface area contributed by atoms with Gasteiger partial charge in [-0.2, -0.15) is 10.4 Å². The number of nitriles is 1. The molecule has 6 nitrogen and oxygen atoms in total. The van der Waals surface area contributed by atoms with Crippen LogP contribution in [-0.2, 0) is 5.41 Å². The summed E-state index contributed by atoms with van der Waals surface area (Å²) in [6.07, 6.45) is 7.06. The summed E-state index contributed by atoms with van der Waals surface area (Å²) < 4.78 is 1.96. The molecule has 3 fully saturated rings. The smallest absolute Gasteiger partial charge is 0.130 e. The molecule has 0 amide bonds. The number of hydrogen-bond donors (Lipinski definition) is 1. The lowest BCUT2D eigenvalue weighted by Gasteiger charge is -2.46. The van der Waals surface area contributed by atoms with Gasteiger partial charge in [0.2, 0.25) is 0 Å². The maximum absolute atomic E-state index is 10.8. The summed E-state index contributed by atoms with van der Waals surface area (Å²) in [5.74, 6) is 1.21. The lowest BCUT2D eigenvalue weighted by Crippen LogP contribution is -2.55. The molecule has 3 heterocycles. The van der Waals surface area contributed by atoms with Crippen molar-refractivity contribution in [2.45, 2.75) is 51.0 Å². The summed E-state index contributed by atoms with van der Waals surface area (Å²) in [6.45, 7) is 7.68. The molecule has 1 aliphatic heterocycles. The minimum atomic E-state index is -0.666. The number of fused-ring (bicyclic) bond motifs is 1. The van der Waals surface area contributed by atoms with E-state index in [0.717, 1.165) is 47.5 Å². The van der Waals surface area contributed by atoms with Gasteiger partial charge < -0.3 is 10.0 Å². The van der Waals surface area contributed by atoms with Gasteiger partial charge in [0, 0.05) is 42.6 Å². The van der Waals surface area contributed by atoms with E-state index in [1.165, 1.54) is 12.8 Å². The Hall–Kier alpha value is -2.91. The average Bonchev–Trinajstić information content (AvgIpc) is 3.66. The lowest BCUT2D eigenvalue weighted by molar-refractivity contribution is -0.0504. The van der Waals surface area contributed by atoms with Crippen molar-refractivity contribution in [3.05, 3.63) is 48.3 Å². The second-order valence-electron chi connectivity index (χ2n) is 10.6. The zero-order valence-electron chi connectivity index (χ0n) is 18.9. The first-order chi connectivity index (χ1) is 15.3. The van der Waals surface area contributed by atoms with Crippen LogP contribution in [0.5, 0.6) is 0 Å². The third-order valence-corrected chi connectivity index (χ3v) is 8.77. The van der Waals surface area contributed by atoms with Gasteiger partial charge in [-0.3, -0.25) is 0 Å². The van der Waals surface area contributed by atoms with Crippen LogP contribution in [0.4, 0.5) is 5.82 Å². The highest BCUT2D eigenvalue weighted by atomic mass is 16.3. The van der Waals surface area contributed by atoms with E-state index in [0.29, 0.717) is 0 Å². The van der Waals surface area contributed by atoms with Crippen molar-refractivity contribution in [3.63, 3.8) is 0 Å². The van der Waals surface area contributed by atoms with Crippen LogP contribution in [0.2, 0.25) is 0 Å². The number of piperidine rings is 1. The van der Waals surface area contributed by atoms with Gasteiger partial charge in [-0.05, 0) is 49.3 Å². The van der Waals surface area contributed by atoms with Crippen LogP contribution in [0, 0.1) is 28.6 Å². The number of nitrogens with zero attached hydrogens (tertiary/aromatic N) is 5. The van der Waals surface area contributed by atoms with Gasteiger partial charge in [-0.25, -0.2) is 9.67 Å². The summed E-state index contributed by atoms with van der Waals surface area (Å²) >= 11 is 0. The highest BCUT2D eigenvalue weighted by Gasteiger charge is 2.75. The molecule has 2 aromatic heterocycles. The van der Waals surface area contributed by atoms with Crippen molar-refractivity contribution >= 4 is 16.7 Å². The molecule has 0 bridgehead atoms. The third-order valence-electron chi connectivity index (χ3n) is 8.77. The molecule has 2 aliphatic carbocycles. The molecule has 2 saturated carbocycles. The van der Waals surface area contributed by atoms with Gasteiger partial charge >= 0.3 is 0 Å². The molecule has 6 rings (SSSR count). The summed E-state index contributed by atoms with van der Waals surface area (Å²) in [7, 11) is 0. The van der Waals surface area contributed by atoms with E-state index < -0.39 is 5.60 Å². The van der Waals surface area contributed by atoms with E-state index in [-0.39, 0.29) is 22.7 Å². The highest BCUT2D eigenvalue weighted by molar-refractivity contribution is 5.82. The van der Waals surface area contributed by atoms with E-state index in [4.69, 9.17) is 0 Å². The summed E-state index contributed by atoms with van der Waals surface area (Å²) in [6, 6.07) is 13.1. The van der Waals surface area contributed by atoms with Gasteiger partial charge in [0.1, 0.15) is 5.82 Å². The van der Waals surface area contributed by atoms with Crippen LogP contribution in [-0.4, -0.2) is 38.6 Å². The fourth-order valence-electron chi connectivity index (χ4n) is 5.83. The van der Waals surface area contributed by atoms with Gasteiger partial charge in [0.05, 0.1) is 34.5 Å². The van der Waals surface area contributed by atoms with E-state index in [9.17, 15) is 10.4 Å². The first kappa shape index (κ1) is 19.8. The van der Waals surface area contributed by atoms with Crippen LogP contribution in [0.1, 0.15) is 45.6 Å². The lowest BCUT2D eigenvalue weighted by atomic mass is 9.76. The van der Waals surface area contributed by atoms with Crippen LogP contribution in [0.3, 0.4) is 0 Å². The Balaban J connectivity index is 1.37. The number of aliphatic hydroxyl groups is 1. The standard InChI is InChI=1S/C26H29N5O/c1-17-13-30(14-18(2)24(17,3)32)23-11-21(6-9-28-23)31-22-10-20(5-4-19(22)12-29-31)26(16-27)15-25(26)7-8-25/h4-6,9-12,17-18,32H,7-8,13-15H2,1-3H3/t17-,18+,24?,26?. The molecule has 6 heteroatoms. The molecule has 1 aromatic carbocycles. The molecule has 1 saturated heterocycles. The van der Waals surface area contributed by atoms with Crippen molar-refractivity contribution in [2.24, 2.45) is 17.3 Å². The Labute approximate surface area is 188 Å². The number of rotatable bonds is 3. The molecule has 1 N–H and O–H groups in total. The monoisotopic (exact) mass is 427 g/mol. The highest BCUT2D eigenvalue weighted by Crippen LogP contribution is 2.78. The Bertz CT molecular complexity index is 1250. The van der Waals surface area contributed by atoms with E-state index in [1.54, 1.807) is 0 Å². The van der Waals surface area contributed by atoms with Crippen molar-refractivity contribution < 1.29 is 5.11 Å². The Morgan fingerprint density at radius 2 is 1.88 bits per heavy atom. The largest absolute Gasteiger partial charge is 0.389 e. The van der Waals surface area contributed by atoms with Gasteiger partial charge in [-0.1, -0.05) is 26.0 Å². The SMILES string of the molecule is C[C@@H]1CN(c2cc(-n3ncc4ccc(C5(C#N)CC56CC6)cc43)ccn2)C[C@H](C)C1(C)O. The quantitative estimate of drug-likeness (QED) is 0.677. The van der Waals surface area contributed by atoms with Crippen molar-refractivity contribution in [1.82, 2.24) is 14.8 Å². The van der Waals surface area contributed by atoms with Crippen LogP contribution in [0.15, 0.2) is 42.7 Å². The van der Waals surface area contributed by atoms with Crippen molar-refractivity contribution in [3.8, 4) is 11.8 Å². The Morgan fingerprint density at radius 1 is 1.12 bits per heavy atom. The Morgan fingerprint density at radius 3 is 2.53 bits per heavy atom. The number of anilines is 1. The Kier molecular flexibility index (Phi) is 3.90. The number of pyridine rings is 1. The first-order valence-electron chi connectivity index (χ1n) is 11.6. The molecular formula is C26H29N5O. The average molecular weight is 428 g/mol. The third kappa shape index (κ3) is 2.61. The van der Waals surface area contributed by atoms with E-state index in [1.807, 2.05) is 30.1 Å². The minimum absolute atomic E-state index is 0.153. The zero-order valence-corrected chi connectivity index (χ0v) is 18.9. The zero-order chi connectivity index (χ0) is 22.3. The van der Waals surface area contributed by atoms with Crippen LogP contribution in [0.25, 0.3) is 16.6 Å². The molecule has 2 unspecified atom stereocenters. The maximum atomic E-state index is 10.8. The van der Waals surface area contributed by atoms with Crippen molar-refractivity contribution in [1.29, 1.82) is 5.26 Å². The molecule has 4 atom stereocenters. The van der Waals surface area contributed by atoms with Crippen molar-refractivity contribution in [2.75, 3.05) is 18.0 Å². The molecule has 164 valence electrons. The van der Waals surface area contributed by atoms with Gasteiger partial charge in [0.15, 0.2) is 0 Å². The molecule has 3 aromatic rings. The predicted molar refractivity (Wildman–Crippen MR) is 124 cm³/mol. The molecule has 32 heavy (non-hydrogen) atoms. The molecule has 1 spiro atoms. The second-order valence-corrected chi connectivity index (χ2v) is 10.6. The number of benzene rings is 1. The maximum Gasteiger partial charge on any atom is 0.130 e. The first-order valence-corrected chi connectivity index (χ1v) is 11.6. The molecular weight excluding hydrogens is 398 g/mol. The normalized spacial score (nSPS) is 32.8. The van der Waals surface area contributed by atoms with E-state index >= 15 is 0 Å². The number of aromatic nitrogens is 3. The summed E-state index contributed by atoms with van der Waals surface area (Å²) in [5, 5.41) is 26.5.